The molecule has 5 nitrogen and oxygen atoms in total. The maximum Gasteiger partial charge on any atom is 0.208 e. The Bertz CT molecular complexity index is 848. The van der Waals surface area contributed by atoms with E-state index in [1.54, 1.807) is 18.2 Å². The molecule has 0 aliphatic rings. The van der Waals surface area contributed by atoms with Gasteiger partial charge in [0.2, 0.25) is 5.43 Å². The van der Waals surface area contributed by atoms with Crippen molar-refractivity contribution >= 4 is 21.9 Å². The molecule has 0 fully saturated rings. The van der Waals surface area contributed by atoms with Crippen molar-refractivity contribution in [2.75, 3.05) is 7.11 Å². The van der Waals surface area contributed by atoms with E-state index in [-0.39, 0.29) is 39.2 Å². The van der Waals surface area contributed by atoms with E-state index in [1.807, 2.05) is 0 Å². The number of hydrogen-bond donors (Lipinski definition) is 2. The molecule has 3 aromatic rings. The molecule has 1 heterocycles. The first-order valence-electron chi connectivity index (χ1n) is 5.58. The Morgan fingerprint density at radius 2 is 1.79 bits per heavy atom. The van der Waals surface area contributed by atoms with Crippen LogP contribution >= 0.6 is 0 Å². The van der Waals surface area contributed by atoms with Crippen molar-refractivity contribution in [2.45, 2.75) is 0 Å². The first-order chi connectivity index (χ1) is 9.13. The topological polar surface area (TPSA) is 79.9 Å². The zero-order chi connectivity index (χ0) is 13.6. The fourth-order valence-corrected chi connectivity index (χ4v) is 2.10. The highest BCUT2D eigenvalue weighted by Gasteiger charge is 2.16. The van der Waals surface area contributed by atoms with Gasteiger partial charge >= 0.3 is 0 Å². The third-order valence-electron chi connectivity index (χ3n) is 3.00. The molecular weight excluding hydrogens is 248 g/mol. The Kier molecular flexibility index (Phi) is 2.35. The van der Waals surface area contributed by atoms with Gasteiger partial charge in [0.1, 0.15) is 27.7 Å². The number of phenols is 2. The van der Waals surface area contributed by atoms with Crippen molar-refractivity contribution in [1.29, 1.82) is 0 Å². The van der Waals surface area contributed by atoms with Crippen LogP contribution in [-0.2, 0) is 0 Å². The smallest absolute Gasteiger partial charge is 0.208 e. The highest BCUT2D eigenvalue weighted by Crippen LogP contribution is 2.34. The van der Waals surface area contributed by atoms with Gasteiger partial charge in [0.05, 0.1) is 7.11 Å². The lowest BCUT2D eigenvalue weighted by Gasteiger charge is -2.07. The number of phenolic OH excluding ortho intramolecular Hbond substituents is 2. The third kappa shape index (κ3) is 1.52. The zero-order valence-corrected chi connectivity index (χ0v) is 10.0. The molecule has 0 aliphatic heterocycles. The van der Waals surface area contributed by atoms with Crippen LogP contribution in [0.1, 0.15) is 0 Å². The quantitative estimate of drug-likeness (QED) is 0.655. The van der Waals surface area contributed by atoms with E-state index >= 15 is 0 Å². The number of benzene rings is 2. The second-order valence-electron chi connectivity index (χ2n) is 4.07. The van der Waals surface area contributed by atoms with Crippen LogP contribution in [0.2, 0.25) is 0 Å². The number of hydrogen-bond acceptors (Lipinski definition) is 5. The molecule has 0 unspecified atom stereocenters. The van der Waals surface area contributed by atoms with Gasteiger partial charge in [0, 0.05) is 0 Å². The van der Waals surface area contributed by atoms with Gasteiger partial charge in [-0.2, -0.15) is 0 Å². The Hall–Kier alpha value is -2.69. The highest BCUT2D eigenvalue weighted by atomic mass is 16.5. The van der Waals surface area contributed by atoms with Crippen molar-refractivity contribution in [2.24, 2.45) is 0 Å². The minimum atomic E-state index is -0.495. The lowest BCUT2D eigenvalue weighted by Crippen LogP contribution is -2.03. The van der Waals surface area contributed by atoms with Crippen molar-refractivity contribution in [3.63, 3.8) is 0 Å². The summed E-state index contributed by atoms with van der Waals surface area (Å²) < 4.78 is 10.5. The summed E-state index contributed by atoms with van der Waals surface area (Å²) in [5.41, 5.74) is 0.00853. The molecule has 96 valence electrons. The van der Waals surface area contributed by atoms with E-state index in [1.165, 1.54) is 19.2 Å². The molecule has 2 aromatic carbocycles. The van der Waals surface area contributed by atoms with Crippen LogP contribution in [0.15, 0.2) is 39.5 Å². The minimum Gasteiger partial charge on any atom is -0.507 e. The molecule has 1 aromatic heterocycles. The molecule has 19 heavy (non-hydrogen) atoms. The van der Waals surface area contributed by atoms with Gasteiger partial charge in [-0.15, -0.1) is 0 Å². The normalized spacial score (nSPS) is 11.0. The molecule has 0 atom stereocenters. The first-order valence-corrected chi connectivity index (χ1v) is 5.58. The van der Waals surface area contributed by atoms with Crippen LogP contribution in [0.3, 0.4) is 0 Å². The number of aromatic hydroxyl groups is 2. The number of rotatable bonds is 1. The largest absolute Gasteiger partial charge is 0.507 e. The molecule has 0 saturated carbocycles. The Morgan fingerprint density at radius 3 is 2.53 bits per heavy atom. The lowest BCUT2D eigenvalue weighted by atomic mass is 10.1. The van der Waals surface area contributed by atoms with Gasteiger partial charge in [-0.25, -0.2) is 0 Å². The van der Waals surface area contributed by atoms with Crippen LogP contribution in [0.4, 0.5) is 0 Å². The summed E-state index contributed by atoms with van der Waals surface area (Å²) in [5.74, 6) is -0.302. The summed E-state index contributed by atoms with van der Waals surface area (Å²) in [7, 11) is 1.39. The standard InChI is InChI=1S/C14H10O5/c1-18-10-6-5-9-12(13(10)16)14(17)11-7(15)3-2-4-8(11)19-9/h2-6,15-16H,1H3. The van der Waals surface area contributed by atoms with Crippen LogP contribution in [0, 0.1) is 0 Å². The SMILES string of the molecule is COc1ccc2oc3cccc(O)c3c(=O)c2c1O. The Labute approximate surface area is 107 Å². The van der Waals surface area contributed by atoms with Crippen LogP contribution in [0.5, 0.6) is 17.2 Å². The van der Waals surface area contributed by atoms with E-state index in [4.69, 9.17) is 9.15 Å². The second-order valence-corrected chi connectivity index (χ2v) is 4.07. The maximum atomic E-state index is 12.4. The monoisotopic (exact) mass is 258 g/mol. The Morgan fingerprint density at radius 1 is 1.05 bits per heavy atom. The molecule has 0 spiro atoms. The van der Waals surface area contributed by atoms with Crippen LogP contribution < -0.4 is 10.2 Å². The van der Waals surface area contributed by atoms with Gasteiger partial charge in [-0.05, 0) is 24.3 Å². The van der Waals surface area contributed by atoms with Gasteiger partial charge in [0.25, 0.3) is 0 Å². The zero-order valence-electron chi connectivity index (χ0n) is 10.0. The van der Waals surface area contributed by atoms with E-state index < -0.39 is 5.43 Å². The molecule has 0 saturated heterocycles. The van der Waals surface area contributed by atoms with Crippen molar-refractivity contribution in [3.8, 4) is 17.2 Å². The average molecular weight is 258 g/mol. The molecule has 0 radical (unpaired) electrons. The summed E-state index contributed by atoms with van der Waals surface area (Å²) >= 11 is 0. The molecule has 3 rings (SSSR count). The summed E-state index contributed by atoms with van der Waals surface area (Å²) in [4.78, 5) is 12.4. The van der Waals surface area contributed by atoms with Gasteiger partial charge in [-0.3, -0.25) is 4.79 Å². The maximum absolute atomic E-state index is 12.4. The molecule has 5 heteroatoms. The summed E-state index contributed by atoms with van der Waals surface area (Å²) in [6.07, 6.45) is 0. The summed E-state index contributed by atoms with van der Waals surface area (Å²) in [5, 5.41) is 19.8. The minimum absolute atomic E-state index is 0.00616. The molecule has 0 aliphatic carbocycles. The van der Waals surface area contributed by atoms with Gasteiger partial charge < -0.3 is 19.4 Å². The molecule has 0 amide bonds. The average Bonchev–Trinajstić information content (AvgIpc) is 2.39. The predicted octanol–water partition coefficient (Wildman–Crippen LogP) is 2.37. The van der Waals surface area contributed by atoms with Crippen LogP contribution in [0.25, 0.3) is 21.9 Å². The van der Waals surface area contributed by atoms with Crippen molar-refractivity contribution in [3.05, 3.63) is 40.6 Å². The van der Waals surface area contributed by atoms with E-state index in [2.05, 4.69) is 0 Å². The summed E-state index contributed by atoms with van der Waals surface area (Å²) in [6.45, 7) is 0. The Balaban J connectivity index is 2.60. The fourth-order valence-electron chi connectivity index (χ4n) is 2.10. The second kappa shape index (κ2) is 3.91. The number of fused-ring (bicyclic) bond motifs is 2. The number of methoxy groups -OCH3 is 1. The van der Waals surface area contributed by atoms with Gasteiger partial charge in [0.15, 0.2) is 11.5 Å². The van der Waals surface area contributed by atoms with Crippen molar-refractivity contribution in [1.82, 2.24) is 0 Å². The lowest BCUT2D eigenvalue weighted by molar-refractivity contribution is 0.376. The fraction of sp³-hybridized carbons (Fsp3) is 0.0714. The first kappa shape index (κ1) is 11.4. The molecule has 2 N–H and O–H groups in total. The van der Waals surface area contributed by atoms with E-state index in [0.717, 1.165) is 0 Å². The number of ether oxygens (including phenoxy) is 1. The van der Waals surface area contributed by atoms with Crippen LogP contribution in [-0.4, -0.2) is 17.3 Å². The van der Waals surface area contributed by atoms with E-state index in [0.29, 0.717) is 0 Å². The predicted molar refractivity (Wildman–Crippen MR) is 69.9 cm³/mol. The van der Waals surface area contributed by atoms with Crippen molar-refractivity contribution < 1.29 is 19.4 Å². The van der Waals surface area contributed by atoms with E-state index in [9.17, 15) is 15.0 Å². The molecule has 0 bridgehead atoms. The molecular formula is C14H10O5. The third-order valence-corrected chi connectivity index (χ3v) is 3.00. The highest BCUT2D eigenvalue weighted by molar-refractivity contribution is 5.96. The summed E-state index contributed by atoms with van der Waals surface area (Å²) in [6, 6.07) is 7.60. The van der Waals surface area contributed by atoms with Gasteiger partial charge in [-0.1, -0.05) is 6.07 Å².